The molecule has 0 spiro atoms. The second kappa shape index (κ2) is 6.39. The summed E-state index contributed by atoms with van der Waals surface area (Å²) in [6, 6.07) is 9.36. The van der Waals surface area contributed by atoms with Gasteiger partial charge in [0.2, 0.25) is 0 Å². The Morgan fingerprint density at radius 1 is 1.17 bits per heavy atom. The molecule has 1 aliphatic heterocycles. The molecule has 0 radical (unpaired) electrons. The maximum Gasteiger partial charge on any atom is 0.119 e. The van der Waals surface area contributed by atoms with Gasteiger partial charge in [-0.2, -0.15) is 5.26 Å². The van der Waals surface area contributed by atoms with Crippen LogP contribution in [0, 0.1) is 11.3 Å². The number of hydrogen-bond donors (Lipinski definition) is 0. The standard InChI is InChI=1S/C14H19N3O/c1-16-6-8-17(9-7-16)10-11-18-14-4-2-13(12-15)3-5-14/h2-5H,6-11H2,1H3. The number of benzene rings is 1. The number of piperazine rings is 1. The lowest BCUT2D eigenvalue weighted by molar-refractivity contribution is 0.134. The van der Waals surface area contributed by atoms with Crippen molar-refractivity contribution in [1.29, 1.82) is 5.26 Å². The zero-order chi connectivity index (χ0) is 12.8. The van der Waals surface area contributed by atoms with E-state index < -0.39 is 0 Å². The van der Waals surface area contributed by atoms with Crippen LogP contribution < -0.4 is 4.74 Å². The molecular formula is C14H19N3O. The molecule has 0 N–H and O–H groups in total. The predicted octanol–water partition coefficient (Wildman–Crippen LogP) is 1.18. The van der Waals surface area contributed by atoms with E-state index in [1.807, 2.05) is 12.1 Å². The summed E-state index contributed by atoms with van der Waals surface area (Å²) in [4.78, 5) is 4.77. The molecule has 96 valence electrons. The van der Waals surface area contributed by atoms with Crippen molar-refractivity contribution in [2.45, 2.75) is 0 Å². The van der Waals surface area contributed by atoms with Crippen LogP contribution >= 0.6 is 0 Å². The molecule has 0 bridgehead atoms. The number of nitrogens with zero attached hydrogens (tertiary/aromatic N) is 3. The summed E-state index contributed by atoms with van der Waals surface area (Å²) in [7, 11) is 2.16. The molecule has 0 saturated carbocycles. The van der Waals surface area contributed by atoms with Crippen molar-refractivity contribution in [2.24, 2.45) is 0 Å². The van der Waals surface area contributed by atoms with Crippen molar-refractivity contribution in [2.75, 3.05) is 46.4 Å². The van der Waals surface area contributed by atoms with Gasteiger partial charge in [0.25, 0.3) is 0 Å². The van der Waals surface area contributed by atoms with Crippen LogP contribution in [0.1, 0.15) is 5.56 Å². The first kappa shape index (κ1) is 12.9. The molecule has 0 amide bonds. The normalized spacial score (nSPS) is 17.3. The summed E-state index contributed by atoms with van der Waals surface area (Å²) in [5.74, 6) is 0.836. The van der Waals surface area contributed by atoms with Crippen LogP contribution in [-0.4, -0.2) is 56.2 Å². The highest BCUT2D eigenvalue weighted by Gasteiger charge is 2.12. The van der Waals surface area contributed by atoms with Gasteiger partial charge < -0.3 is 9.64 Å². The van der Waals surface area contributed by atoms with Crippen molar-refractivity contribution >= 4 is 0 Å². The SMILES string of the molecule is CN1CCN(CCOc2ccc(C#N)cc2)CC1. The highest BCUT2D eigenvalue weighted by atomic mass is 16.5. The van der Waals surface area contributed by atoms with Gasteiger partial charge in [-0.25, -0.2) is 0 Å². The largest absolute Gasteiger partial charge is 0.492 e. The number of ether oxygens (including phenoxy) is 1. The molecule has 1 aliphatic rings. The average Bonchev–Trinajstić information content (AvgIpc) is 2.42. The molecule has 4 heteroatoms. The molecule has 1 fully saturated rings. The zero-order valence-electron chi connectivity index (χ0n) is 10.8. The van der Waals surface area contributed by atoms with Crippen molar-refractivity contribution in [3.05, 3.63) is 29.8 Å². The van der Waals surface area contributed by atoms with Gasteiger partial charge in [-0.3, -0.25) is 4.90 Å². The quantitative estimate of drug-likeness (QED) is 0.798. The minimum atomic E-state index is 0.668. The first-order valence-electron chi connectivity index (χ1n) is 6.32. The van der Waals surface area contributed by atoms with Crippen LogP contribution in [0.2, 0.25) is 0 Å². The second-order valence-electron chi connectivity index (χ2n) is 4.63. The monoisotopic (exact) mass is 245 g/mol. The summed E-state index contributed by atoms with van der Waals surface area (Å²) in [5, 5.41) is 8.69. The predicted molar refractivity (Wildman–Crippen MR) is 70.6 cm³/mol. The lowest BCUT2D eigenvalue weighted by Crippen LogP contribution is -2.45. The fourth-order valence-corrected chi connectivity index (χ4v) is 1.99. The molecular weight excluding hydrogens is 226 g/mol. The third-order valence-electron chi connectivity index (χ3n) is 3.26. The maximum atomic E-state index is 8.69. The molecule has 0 atom stereocenters. The summed E-state index contributed by atoms with van der Waals surface area (Å²) in [6.07, 6.45) is 0. The van der Waals surface area contributed by atoms with E-state index in [0.29, 0.717) is 12.2 Å². The van der Waals surface area contributed by atoms with Gasteiger partial charge in [0, 0.05) is 32.7 Å². The van der Waals surface area contributed by atoms with E-state index in [9.17, 15) is 0 Å². The van der Waals surface area contributed by atoms with Crippen molar-refractivity contribution in [1.82, 2.24) is 9.80 Å². The molecule has 0 aromatic heterocycles. The maximum absolute atomic E-state index is 8.69. The van der Waals surface area contributed by atoms with Gasteiger partial charge in [-0.05, 0) is 31.3 Å². The molecule has 4 nitrogen and oxygen atoms in total. The average molecular weight is 245 g/mol. The van der Waals surface area contributed by atoms with E-state index in [0.717, 1.165) is 38.5 Å². The van der Waals surface area contributed by atoms with Crippen LogP contribution in [0.4, 0.5) is 0 Å². The van der Waals surface area contributed by atoms with Gasteiger partial charge in [-0.15, -0.1) is 0 Å². The topological polar surface area (TPSA) is 39.5 Å². The third kappa shape index (κ3) is 3.73. The van der Waals surface area contributed by atoms with Crippen molar-refractivity contribution in [3.8, 4) is 11.8 Å². The zero-order valence-corrected chi connectivity index (χ0v) is 10.8. The van der Waals surface area contributed by atoms with Crippen LogP contribution in [0.15, 0.2) is 24.3 Å². The minimum Gasteiger partial charge on any atom is -0.492 e. The number of nitriles is 1. The third-order valence-corrected chi connectivity index (χ3v) is 3.26. The molecule has 2 rings (SSSR count). The van der Waals surface area contributed by atoms with Gasteiger partial charge in [-0.1, -0.05) is 0 Å². The van der Waals surface area contributed by atoms with E-state index in [1.165, 1.54) is 0 Å². The van der Waals surface area contributed by atoms with Crippen LogP contribution in [0.3, 0.4) is 0 Å². The molecule has 18 heavy (non-hydrogen) atoms. The Morgan fingerprint density at radius 2 is 1.83 bits per heavy atom. The van der Waals surface area contributed by atoms with E-state index >= 15 is 0 Å². The van der Waals surface area contributed by atoms with E-state index in [4.69, 9.17) is 10.00 Å². The Hall–Kier alpha value is -1.57. The first-order chi connectivity index (χ1) is 8.78. The highest BCUT2D eigenvalue weighted by molar-refractivity contribution is 5.34. The second-order valence-corrected chi connectivity index (χ2v) is 4.63. The van der Waals surface area contributed by atoms with E-state index in [1.54, 1.807) is 12.1 Å². The van der Waals surface area contributed by atoms with Gasteiger partial charge in [0.15, 0.2) is 0 Å². The molecule has 1 aromatic rings. The fourth-order valence-electron chi connectivity index (χ4n) is 1.99. The Kier molecular flexibility index (Phi) is 4.57. The highest BCUT2D eigenvalue weighted by Crippen LogP contribution is 2.11. The number of hydrogen-bond acceptors (Lipinski definition) is 4. The van der Waals surface area contributed by atoms with E-state index in [-0.39, 0.29) is 0 Å². The molecule has 1 heterocycles. The summed E-state index contributed by atoms with van der Waals surface area (Å²) in [5.41, 5.74) is 0.668. The molecule has 1 saturated heterocycles. The van der Waals surface area contributed by atoms with Crippen molar-refractivity contribution in [3.63, 3.8) is 0 Å². The molecule has 0 unspecified atom stereocenters. The smallest absolute Gasteiger partial charge is 0.119 e. The van der Waals surface area contributed by atoms with Crippen LogP contribution in [0.25, 0.3) is 0 Å². The lowest BCUT2D eigenvalue weighted by atomic mass is 10.2. The summed E-state index contributed by atoms with van der Waals surface area (Å²) >= 11 is 0. The Morgan fingerprint density at radius 3 is 2.44 bits per heavy atom. The fraction of sp³-hybridized carbons (Fsp3) is 0.500. The summed E-state index contributed by atoms with van der Waals surface area (Å²) < 4.78 is 5.67. The Bertz CT molecular complexity index is 402. The number of rotatable bonds is 4. The first-order valence-corrected chi connectivity index (χ1v) is 6.32. The van der Waals surface area contributed by atoms with Gasteiger partial charge in [0.1, 0.15) is 12.4 Å². The molecule has 0 aliphatic carbocycles. The Labute approximate surface area is 108 Å². The Balaban J connectivity index is 1.70. The van der Waals surface area contributed by atoms with Gasteiger partial charge in [0.05, 0.1) is 11.6 Å². The van der Waals surface area contributed by atoms with Gasteiger partial charge >= 0.3 is 0 Å². The van der Waals surface area contributed by atoms with Crippen molar-refractivity contribution < 1.29 is 4.74 Å². The lowest BCUT2D eigenvalue weighted by Gasteiger charge is -2.32. The van der Waals surface area contributed by atoms with E-state index in [2.05, 4.69) is 22.9 Å². The summed E-state index contributed by atoms with van der Waals surface area (Å²) in [6.45, 7) is 6.18. The molecule has 1 aromatic carbocycles. The number of likely N-dealkylation sites (N-methyl/N-ethyl adjacent to an activating group) is 1. The minimum absolute atomic E-state index is 0.668. The van der Waals surface area contributed by atoms with Crippen LogP contribution in [0.5, 0.6) is 5.75 Å². The van der Waals surface area contributed by atoms with Crippen LogP contribution in [-0.2, 0) is 0 Å².